The number of carbonyl (C=O) groups excluding carboxylic acids is 1. The third-order valence-corrected chi connectivity index (χ3v) is 2.60. The zero-order valence-corrected chi connectivity index (χ0v) is 11.4. The number of furan rings is 1. The fourth-order valence-corrected chi connectivity index (χ4v) is 1.69. The van der Waals surface area contributed by atoms with Gasteiger partial charge in [0.25, 0.3) is 5.91 Å². The molecule has 0 spiro atoms. The lowest BCUT2D eigenvalue weighted by Gasteiger charge is -2.11. The number of nitrogens with one attached hydrogen (secondary N) is 1. The summed E-state index contributed by atoms with van der Waals surface area (Å²) in [6.45, 7) is -1.28. The molecule has 0 fully saturated rings. The smallest absolute Gasteiger partial charge is 0.387 e. The molecule has 0 saturated carbocycles. The highest BCUT2D eigenvalue weighted by Crippen LogP contribution is 2.31. The second kappa shape index (κ2) is 6.25. The number of hydrogen-bond donors (Lipinski definition) is 1. The van der Waals surface area contributed by atoms with Gasteiger partial charge < -0.3 is 19.2 Å². The predicted octanol–water partition coefficient (Wildman–Crippen LogP) is 3.45. The molecule has 1 aromatic heterocycles. The number of amides is 1. The van der Waals surface area contributed by atoms with Gasteiger partial charge in [0.1, 0.15) is 5.76 Å². The molecule has 112 valence electrons. The molecule has 1 amide bonds. The quantitative estimate of drug-likeness (QED) is 0.918. The van der Waals surface area contributed by atoms with Crippen molar-refractivity contribution in [3.8, 4) is 11.5 Å². The standard InChI is InChI=1S/C14H13F2NO4/c1-8-3-5-11(20-8)13(18)17-9-4-6-10(19-2)12(7-9)21-14(15)16/h3-7,14H,1-2H3,(H,17,18). The molecule has 7 heteroatoms. The van der Waals surface area contributed by atoms with Crippen molar-refractivity contribution in [2.45, 2.75) is 13.5 Å². The molecule has 0 radical (unpaired) electrons. The summed E-state index contributed by atoms with van der Waals surface area (Å²) < 4.78 is 39.0. The van der Waals surface area contributed by atoms with Crippen molar-refractivity contribution in [1.29, 1.82) is 0 Å². The van der Waals surface area contributed by atoms with Crippen molar-refractivity contribution >= 4 is 11.6 Å². The number of halogens is 2. The minimum atomic E-state index is -2.99. The van der Waals surface area contributed by atoms with Gasteiger partial charge in [-0.05, 0) is 31.2 Å². The van der Waals surface area contributed by atoms with Crippen molar-refractivity contribution in [2.75, 3.05) is 12.4 Å². The maximum atomic E-state index is 12.3. The third kappa shape index (κ3) is 3.71. The SMILES string of the molecule is COc1ccc(NC(=O)c2ccc(C)o2)cc1OC(F)F. The monoisotopic (exact) mass is 297 g/mol. The Hall–Kier alpha value is -2.57. The number of alkyl halides is 2. The molecule has 0 aliphatic carbocycles. The molecule has 0 aliphatic rings. The van der Waals surface area contributed by atoms with E-state index in [1.807, 2.05) is 0 Å². The summed E-state index contributed by atoms with van der Waals surface area (Å²) in [5.74, 6) is 0.204. The summed E-state index contributed by atoms with van der Waals surface area (Å²) in [6.07, 6.45) is 0. The Kier molecular flexibility index (Phi) is 4.42. The van der Waals surface area contributed by atoms with E-state index in [0.29, 0.717) is 5.76 Å². The van der Waals surface area contributed by atoms with Gasteiger partial charge >= 0.3 is 6.61 Å². The Labute approximate surface area is 119 Å². The normalized spacial score (nSPS) is 10.5. The molecular weight excluding hydrogens is 284 g/mol. The van der Waals surface area contributed by atoms with Gasteiger partial charge in [0.2, 0.25) is 0 Å². The van der Waals surface area contributed by atoms with Crippen LogP contribution in [0.5, 0.6) is 11.5 Å². The molecule has 0 atom stereocenters. The fourth-order valence-electron chi connectivity index (χ4n) is 1.69. The first-order valence-corrected chi connectivity index (χ1v) is 6.00. The van der Waals surface area contributed by atoms with Gasteiger partial charge in [0.05, 0.1) is 7.11 Å². The fraction of sp³-hybridized carbons (Fsp3) is 0.214. The van der Waals surface area contributed by atoms with Gasteiger partial charge in [0, 0.05) is 11.8 Å². The Morgan fingerprint density at radius 1 is 1.24 bits per heavy atom. The zero-order valence-electron chi connectivity index (χ0n) is 11.4. The average molecular weight is 297 g/mol. The molecule has 1 N–H and O–H groups in total. The molecule has 5 nitrogen and oxygen atoms in total. The van der Waals surface area contributed by atoms with Crippen molar-refractivity contribution < 1.29 is 27.5 Å². The molecule has 1 heterocycles. The van der Waals surface area contributed by atoms with Crippen molar-refractivity contribution in [2.24, 2.45) is 0 Å². The van der Waals surface area contributed by atoms with Crippen LogP contribution in [0.1, 0.15) is 16.3 Å². The lowest BCUT2D eigenvalue weighted by molar-refractivity contribution is -0.0511. The molecule has 0 bridgehead atoms. The lowest BCUT2D eigenvalue weighted by atomic mass is 10.2. The number of anilines is 1. The Bertz CT molecular complexity index is 640. The van der Waals surface area contributed by atoms with E-state index in [1.165, 1.54) is 31.4 Å². The summed E-state index contributed by atoms with van der Waals surface area (Å²) >= 11 is 0. The summed E-state index contributed by atoms with van der Waals surface area (Å²) in [5, 5.41) is 2.52. The van der Waals surface area contributed by atoms with E-state index in [9.17, 15) is 13.6 Å². The van der Waals surface area contributed by atoms with E-state index < -0.39 is 12.5 Å². The highest BCUT2D eigenvalue weighted by Gasteiger charge is 2.14. The van der Waals surface area contributed by atoms with Crippen LogP contribution in [0, 0.1) is 6.92 Å². The summed E-state index contributed by atoms with van der Waals surface area (Å²) in [4.78, 5) is 11.9. The molecule has 2 aromatic rings. The maximum absolute atomic E-state index is 12.3. The van der Waals surface area contributed by atoms with E-state index in [2.05, 4.69) is 10.1 Å². The van der Waals surface area contributed by atoms with Crippen LogP contribution >= 0.6 is 0 Å². The van der Waals surface area contributed by atoms with Crippen LogP contribution in [0.15, 0.2) is 34.7 Å². The van der Waals surface area contributed by atoms with Gasteiger partial charge in [-0.1, -0.05) is 0 Å². The van der Waals surface area contributed by atoms with Gasteiger partial charge in [-0.15, -0.1) is 0 Å². The molecule has 1 aromatic carbocycles. The Morgan fingerprint density at radius 3 is 2.57 bits per heavy atom. The molecule has 21 heavy (non-hydrogen) atoms. The zero-order chi connectivity index (χ0) is 15.4. The van der Waals surface area contributed by atoms with Crippen LogP contribution in [0.25, 0.3) is 0 Å². The van der Waals surface area contributed by atoms with Crippen LogP contribution in [-0.2, 0) is 0 Å². The summed E-state index contributed by atoms with van der Waals surface area (Å²) in [7, 11) is 1.33. The van der Waals surface area contributed by atoms with E-state index in [4.69, 9.17) is 9.15 Å². The van der Waals surface area contributed by atoms with Gasteiger partial charge in [-0.2, -0.15) is 8.78 Å². The van der Waals surface area contributed by atoms with E-state index >= 15 is 0 Å². The number of methoxy groups -OCH3 is 1. The number of aryl methyl sites for hydroxylation is 1. The second-order valence-electron chi connectivity index (χ2n) is 4.11. The highest BCUT2D eigenvalue weighted by atomic mass is 19.3. The van der Waals surface area contributed by atoms with Crippen LogP contribution in [0.2, 0.25) is 0 Å². The lowest BCUT2D eigenvalue weighted by Crippen LogP contribution is -2.11. The molecule has 2 rings (SSSR count). The average Bonchev–Trinajstić information content (AvgIpc) is 2.85. The van der Waals surface area contributed by atoms with Crippen LogP contribution in [-0.4, -0.2) is 19.6 Å². The Morgan fingerprint density at radius 2 is 2.00 bits per heavy atom. The third-order valence-electron chi connectivity index (χ3n) is 2.60. The number of benzene rings is 1. The number of hydrogen-bond acceptors (Lipinski definition) is 4. The topological polar surface area (TPSA) is 60.7 Å². The first kappa shape index (κ1) is 14.8. The van der Waals surface area contributed by atoms with Crippen LogP contribution in [0.3, 0.4) is 0 Å². The summed E-state index contributed by atoms with van der Waals surface area (Å²) in [6, 6.07) is 7.34. The van der Waals surface area contributed by atoms with Crippen LogP contribution in [0.4, 0.5) is 14.5 Å². The first-order valence-electron chi connectivity index (χ1n) is 6.00. The molecular formula is C14H13F2NO4. The largest absolute Gasteiger partial charge is 0.493 e. The molecule has 0 saturated heterocycles. The van der Waals surface area contributed by atoms with Crippen LogP contribution < -0.4 is 14.8 Å². The van der Waals surface area contributed by atoms with Gasteiger partial charge in [-0.3, -0.25) is 4.79 Å². The Balaban J connectivity index is 2.18. The molecule has 0 unspecified atom stereocenters. The minimum Gasteiger partial charge on any atom is -0.493 e. The number of ether oxygens (including phenoxy) is 2. The predicted molar refractivity (Wildman–Crippen MR) is 71.0 cm³/mol. The van der Waals surface area contributed by atoms with E-state index in [0.717, 1.165) is 0 Å². The van der Waals surface area contributed by atoms with Crippen molar-refractivity contribution in [3.63, 3.8) is 0 Å². The summed E-state index contributed by atoms with van der Waals surface area (Å²) in [5.41, 5.74) is 0.283. The number of carbonyl (C=O) groups is 1. The second-order valence-corrected chi connectivity index (χ2v) is 4.11. The van der Waals surface area contributed by atoms with Crippen molar-refractivity contribution in [1.82, 2.24) is 0 Å². The van der Waals surface area contributed by atoms with E-state index in [-0.39, 0.29) is 22.9 Å². The first-order chi connectivity index (χ1) is 9.99. The maximum Gasteiger partial charge on any atom is 0.387 e. The van der Waals surface area contributed by atoms with Gasteiger partial charge in [-0.25, -0.2) is 0 Å². The molecule has 0 aliphatic heterocycles. The van der Waals surface area contributed by atoms with Gasteiger partial charge in [0.15, 0.2) is 17.3 Å². The number of rotatable bonds is 5. The highest BCUT2D eigenvalue weighted by molar-refractivity contribution is 6.02. The van der Waals surface area contributed by atoms with Crippen molar-refractivity contribution in [3.05, 3.63) is 41.9 Å². The minimum absolute atomic E-state index is 0.125. The van der Waals surface area contributed by atoms with E-state index in [1.54, 1.807) is 13.0 Å².